The van der Waals surface area contributed by atoms with Gasteiger partial charge in [-0.15, -0.1) is 0 Å². The topological polar surface area (TPSA) is 32.8 Å². The summed E-state index contributed by atoms with van der Waals surface area (Å²) in [5.41, 5.74) is 0. The lowest BCUT2D eigenvalue weighted by atomic mass is 9.97. The molecule has 1 N–H and O–H groups in total. The first-order valence-corrected chi connectivity index (χ1v) is 4.77. The van der Waals surface area contributed by atoms with Crippen molar-refractivity contribution < 1.29 is 14.3 Å². The summed E-state index contributed by atoms with van der Waals surface area (Å²) in [6, 6.07) is 1.12. The average molecular weight is 170 g/mol. The molecular weight excluding hydrogens is 154 g/mol. The van der Waals surface area contributed by atoms with Gasteiger partial charge in [-0.05, 0) is 0 Å². The molecule has 3 fully saturated rings. The van der Waals surface area contributed by atoms with Gasteiger partial charge in [0.1, 0.15) is 24.3 Å². The number of hydrogen-bond acceptors (Lipinski definition) is 2. The Hall–Kier alpha value is -0.120. The zero-order chi connectivity index (χ0) is 8.51. The van der Waals surface area contributed by atoms with Crippen LogP contribution in [0.15, 0.2) is 0 Å². The lowest BCUT2D eigenvalue weighted by Crippen LogP contribution is -2.59. The van der Waals surface area contributed by atoms with E-state index >= 15 is 0 Å². The van der Waals surface area contributed by atoms with Gasteiger partial charge < -0.3 is 14.3 Å². The van der Waals surface area contributed by atoms with Gasteiger partial charge >= 0.3 is 0 Å². The van der Waals surface area contributed by atoms with Crippen molar-refractivity contribution in [3.63, 3.8) is 0 Å². The zero-order valence-electron chi connectivity index (χ0n) is 7.60. The second-order valence-electron chi connectivity index (χ2n) is 4.95. The van der Waals surface area contributed by atoms with Gasteiger partial charge in [0.2, 0.25) is 0 Å². The fourth-order valence-corrected chi connectivity index (χ4v) is 3.22. The second-order valence-corrected chi connectivity index (χ2v) is 4.95. The monoisotopic (exact) mass is 170 g/mol. The van der Waals surface area contributed by atoms with Gasteiger partial charge in [0.25, 0.3) is 0 Å². The molecule has 0 saturated carbocycles. The van der Waals surface area contributed by atoms with E-state index in [1.165, 1.54) is 0 Å². The largest absolute Gasteiger partial charge is 0.393 e. The Labute approximate surface area is 72.5 Å². The number of aliphatic hydroxyl groups is 1. The standard InChI is InChI=1S/C9H16NO2/c1-10(2)6-3-5(11)4-7(10)9-8(6)12-9/h5-9,11H,3-4H2,1-2H3/q+1/t5?,6-,7+,8-,9-/m1/s1. The van der Waals surface area contributed by atoms with Gasteiger partial charge in [-0.25, -0.2) is 0 Å². The predicted molar refractivity (Wildman–Crippen MR) is 43.6 cm³/mol. The molecule has 0 radical (unpaired) electrons. The molecule has 2 bridgehead atoms. The van der Waals surface area contributed by atoms with E-state index in [0.717, 1.165) is 17.3 Å². The smallest absolute Gasteiger partial charge is 0.142 e. The predicted octanol–water partition coefficient (Wildman–Crippen LogP) is -0.264. The van der Waals surface area contributed by atoms with E-state index in [1.54, 1.807) is 0 Å². The van der Waals surface area contributed by atoms with Crippen LogP contribution in [0.3, 0.4) is 0 Å². The number of epoxide rings is 1. The number of morpholine rings is 1. The Bertz CT molecular complexity index is 209. The van der Waals surface area contributed by atoms with Crippen LogP contribution in [0.5, 0.6) is 0 Å². The number of likely N-dealkylation sites (N-methyl/N-ethyl adjacent to an activating group) is 1. The number of quaternary nitrogens is 1. The van der Waals surface area contributed by atoms with E-state index in [4.69, 9.17) is 4.74 Å². The Kier molecular flexibility index (Phi) is 1.13. The van der Waals surface area contributed by atoms with Gasteiger partial charge in [0.05, 0.1) is 20.2 Å². The maximum atomic E-state index is 9.60. The number of fused-ring (bicyclic) bond motifs is 5. The molecule has 68 valence electrons. The van der Waals surface area contributed by atoms with Crippen molar-refractivity contribution in [2.24, 2.45) is 0 Å². The highest BCUT2D eigenvalue weighted by Crippen LogP contribution is 2.50. The van der Waals surface area contributed by atoms with Gasteiger partial charge in [-0.3, -0.25) is 0 Å². The maximum absolute atomic E-state index is 9.60. The third-order valence-corrected chi connectivity index (χ3v) is 4.06. The van der Waals surface area contributed by atoms with Crippen LogP contribution in [0.25, 0.3) is 0 Å². The van der Waals surface area contributed by atoms with Crippen LogP contribution in [0.1, 0.15) is 12.8 Å². The first-order valence-electron chi connectivity index (χ1n) is 4.77. The van der Waals surface area contributed by atoms with Crippen molar-refractivity contribution in [2.45, 2.75) is 43.2 Å². The van der Waals surface area contributed by atoms with Crippen LogP contribution in [0.2, 0.25) is 0 Å². The molecule has 3 nitrogen and oxygen atoms in total. The average Bonchev–Trinajstić information content (AvgIpc) is 2.66. The fourth-order valence-electron chi connectivity index (χ4n) is 3.22. The first-order chi connectivity index (χ1) is 5.60. The normalized spacial score (nSPS) is 59.8. The second kappa shape index (κ2) is 1.86. The molecule has 3 rings (SSSR count). The highest BCUT2D eigenvalue weighted by molar-refractivity contribution is 5.07. The van der Waals surface area contributed by atoms with E-state index in [9.17, 15) is 5.11 Å². The highest BCUT2D eigenvalue weighted by atomic mass is 16.6. The summed E-state index contributed by atoms with van der Waals surface area (Å²) >= 11 is 0. The molecule has 0 aromatic carbocycles. The molecule has 1 unspecified atom stereocenters. The summed E-state index contributed by atoms with van der Waals surface area (Å²) in [6.45, 7) is 0. The van der Waals surface area contributed by atoms with Crippen molar-refractivity contribution in [1.82, 2.24) is 0 Å². The SMILES string of the molecule is C[N+]1(C)[C@@H]2CC(O)C[C@H]1[C@H]1O[C@@H]12. The number of aliphatic hydroxyl groups excluding tert-OH is 1. The Balaban J connectivity index is 1.96. The van der Waals surface area contributed by atoms with Crippen molar-refractivity contribution in [2.75, 3.05) is 14.1 Å². The van der Waals surface area contributed by atoms with E-state index < -0.39 is 0 Å². The molecule has 3 heteroatoms. The molecule has 3 aliphatic heterocycles. The Morgan fingerprint density at radius 1 is 1.17 bits per heavy atom. The van der Waals surface area contributed by atoms with E-state index in [2.05, 4.69) is 14.1 Å². The summed E-state index contributed by atoms with van der Waals surface area (Å²) in [5, 5.41) is 9.60. The molecule has 3 aliphatic rings. The van der Waals surface area contributed by atoms with Gasteiger partial charge in [0, 0.05) is 12.8 Å². The van der Waals surface area contributed by atoms with Crippen LogP contribution < -0.4 is 0 Å². The molecule has 0 aliphatic carbocycles. The van der Waals surface area contributed by atoms with Crippen LogP contribution in [-0.2, 0) is 4.74 Å². The zero-order valence-corrected chi connectivity index (χ0v) is 7.60. The van der Waals surface area contributed by atoms with Gasteiger partial charge in [-0.2, -0.15) is 0 Å². The molecule has 0 aromatic rings. The van der Waals surface area contributed by atoms with Crippen LogP contribution in [0, 0.1) is 0 Å². The molecule has 0 spiro atoms. The summed E-state index contributed by atoms with van der Waals surface area (Å²) in [5.74, 6) is 0. The Morgan fingerprint density at radius 3 is 2.17 bits per heavy atom. The number of piperidine rings is 1. The first kappa shape index (κ1) is 7.30. The molecule has 5 atom stereocenters. The van der Waals surface area contributed by atoms with E-state index in [-0.39, 0.29) is 6.10 Å². The number of nitrogens with zero attached hydrogens (tertiary/aromatic N) is 1. The molecule has 0 aromatic heterocycles. The summed E-state index contributed by atoms with van der Waals surface area (Å²) in [4.78, 5) is 0. The summed E-state index contributed by atoms with van der Waals surface area (Å²) in [7, 11) is 4.55. The minimum atomic E-state index is -0.0671. The molecule has 0 amide bonds. The third kappa shape index (κ3) is 0.679. The molecule has 3 saturated heterocycles. The summed E-state index contributed by atoms with van der Waals surface area (Å²) in [6.07, 6.45) is 2.75. The van der Waals surface area contributed by atoms with E-state index in [0.29, 0.717) is 24.3 Å². The fraction of sp³-hybridized carbons (Fsp3) is 1.00. The third-order valence-electron chi connectivity index (χ3n) is 4.06. The van der Waals surface area contributed by atoms with Crippen molar-refractivity contribution in [3.05, 3.63) is 0 Å². The van der Waals surface area contributed by atoms with Gasteiger partial charge in [-0.1, -0.05) is 0 Å². The molecule has 12 heavy (non-hydrogen) atoms. The molecular formula is C9H16NO2+. The number of hydrogen-bond donors (Lipinski definition) is 1. The number of ether oxygens (including phenoxy) is 1. The van der Waals surface area contributed by atoms with Gasteiger partial charge in [0.15, 0.2) is 0 Å². The highest BCUT2D eigenvalue weighted by Gasteiger charge is 2.70. The summed E-state index contributed by atoms with van der Waals surface area (Å²) < 4.78 is 6.65. The van der Waals surface area contributed by atoms with Crippen molar-refractivity contribution in [3.8, 4) is 0 Å². The molecule has 3 heterocycles. The number of rotatable bonds is 0. The lowest BCUT2D eigenvalue weighted by Gasteiger charge is -2.44. The van der Waals surface area contributed by atoms with Crippen LogP contribution in [0.4, 0.5) is 0 Å². The van der Waals surface area contributed by atoms with Crippen molar-refractivity contribution in [1.29, 1.82) is 0 Å². The van der Waals surface area contributed by atoms with Crippen LogP contribution >= 0.6 is 0 Å². The Morgan fingerprint density at radius 2 is 1.67 bits per heavy atom. The van der Waals surface area contributed by atoms with E-state index in [1.807, 2.05) is 0 Å². The minimum absolute atomic E-state index is 0.0671. The quantitative estimate of drug-likeness (QED) is 0.401. The van der Waals surface area contributed by atoms with Crippen molar-refractivity contribution >= 4 is 0 Å². The van der Waals surface area contributed by atoms with Crippen LogP contribution in [-0.4, -0.2) is 54.1 Å². The lowest BCUT2D eigenvalue weighted by molar-refractivity contribution is -0.938. The minimum Gasteiger partial charge on any atom is -0.393 e. The maximum Gasteiger partial charge on any atom is 0.142 e.